The van der Waals surface area contributed by atoms with Crippen molar-refractivity contribution >= 4 is 15.9 Å². The van der Waals surface area contributed by atoms with Gasteiger partial charge in [-0.3, -0.25) is 0 Å². The largest absolute Gasteiger partial charge is 0.473 e. The molecule has 0 bridgehead atoms. The van der Waals surface area contributed by atoms with E-state index in [1.165, 1.54) is 12.3 Å². The minimum absolute atomic E-state index is 0.000231. The standard InChI is InChI=1S/C8H9BrFNO2/c1-12-2-3-13-8-7(10)4-6(9)5-11-8/h4-5H,2-3H2,1H3. The minimum Gasteiger partial charge on any atom is -0.473 e. The van der Waals surface area contributed by atoms with E-state index in [9.17, 15) is 4.39 Å². The van der Waals surface area contributed by atoms with Crippen LogP contribution in [0.3, 0.4) is 0 Å². The number of hydrogen-bond acceptors (Lipinski definition) is 3. The molecule has 0 aliphatic heterocycles. The van der Waals surface area contributed by atoms with Crippen LogP contribution in [0.2, 0.25) is 0 Å². The fourth-order valence-electron chi connectivity index (χ4n) is 0.730. The summed E-state index contributed by atoms with van der Waals surface area (Å²) < 4.78 is 23.3. The van der Waals surface area contributed by atoms with E-state index in [0.717, 1.165) is 0 Å². The summed E-state index contributed by atoms with van der Waals surface area (Å²) in [5.41, 5.74) is 0. The van der Waals surface area contributed by atoms with E-state index >= 15 is 0 Å². The lowest BCUT2D eigenvalue weighted by Crippen LogP contribution is -2.06. The Hall–Kier alpha value is -0.680. The van der Waals surface area contributed by atoms with Crippen molar-refractivity contribution in [2.24, 2.45) is 0 Å². The smallest absolute Gasteiger partial charge is 0.250 e. The Morgan fingerprint density at radius 1 is 1.54 bits per heavy atom. The maximum absolute atomic E-state index is 13.0. The Balaban J connectivity index is 2.56. The Morgan fingerprint density at radius 2 is 2.31 bits per heavy atom. The van der Waals surface area contributed by atoms with Crippen molar-refractivity contribution in [3.63, 3.8) is 0 Å². The summed E-state index contributed by atoms with van der Waals surface area (Å²) in [6, 6.07) is 1.30. The van der Waals surface area contributed by atoms with Crippen LogP contribution in [0, 0.1) is 5.82 Å². The van der Waals surface area contributed by atoms with Crippen molar-refractivity contribution in [3.05, 3.63) is 22.6 Å². The van der Waals surface area contributed by atoms with E-state index in [2.05, 4.69) is 20.9 Å². The third kappa shape index (κ3) is 3.28. The second kappa shape index (κ2) is 5.14. The molecule has 0 spiro atoms. The third-order valence-corrected chi connectivity index (χ3v) is 1.73. The van der Waals surface area contributed by atoms with Crippen LogP contribution in [0.1, 0.15) is 0 Å². The van der Waals surface area contributed by atoms with Crippen LogP contribution in [-0.2, 0) is 4.74 Å². The maximum Gasteiger partial charge on any atom is 0.250 e. The number of nitrogens with zero attached hydrogens (tertiary/aromatic N) is 1. The van der Waals surface area contributed by atoms with Crippen molar-refractivity contribution in [1.29, 1.82) is 0 Å². The number of aromatic nitrogens is 1. The van der Waals surface area contributed by atoms with Gasteiger partial charge in [-0.2, -0.15) is 0 Å². The van der Waals surface area contributed by atoms with Gasteiger partial charge in [0.25, 0.3) is 5.88 Å². The van der Waals surface area contributed by atoms with Crippen LogP contribution in [-0.4, -0.2) is 25.3 Å². The highest BCUT2D eigenvalue weighted by Crippen LogP contribution is 2.17. The highest BCUT2D eigenvalue weighted by Gasteiger charge is 2.04. The van der Waals surface area contributed by atoms with Crippen LogP contribution < -0.4 is 4.74 Å². The van der Waals surface area contributed by atoms with Gasteiger partial charge in [0.05, 0.1) is 6.61 Å². The quantitative estimate of drug-likeness (QED) is 0.766. The molecule has 0 saturated carbocycles. The molecule has 1 rings (SSSR count). The van der Waals surface area contributed by atoms with Gasteiger partial charge in [0.15, 0.2) is 5.82 Å². The SMILES string of the molecule is COCCOc1ncc(Br)cc1F. The molecule has 1 heterocycles. The first-order chi connectivity index (χ1) is 6.24. The fraction of sp³-hybridized carbons (Fsp3) is 0.375. The molecule has 0 fully saturated rings. The molecule has 3 nitrogen and oxygen atoms in total. The number of hydrogen-bond donors (Lipinski definition) is 0. The van der Waals surface area contributed by atoms with Gasteiger partial charge in [-0.05, 0) is 22.0 Å². The van der Waals surface area contributed by atoms with Crippen LogP contribution in [0.25, 0.3) is 0 Å². The van der Waals surface area contributed by atoms with Crippen molar-refractivity contribution < 1.29 is 13.9 Å². The van der Waals surface area contributed by atoms with Crippen molar-refractivity contribution in [2.75, 3.05) is 20.3 Å². The summed E-state index contributed by atoms with van der Waals surface area (Å²) in [5.74, 6) is -0.481. The Bertz CT molecular complexity index is 283. The summed E-state index contributed by atoms with van der Waals surface area (Å²) in [6.45, 7) is 0.708. The second-order valence-electron chi connectivity index (χ2n) is 2.28. The molecule has 1 aromatic rings. The first kappa shape index (κ1) is 10.4. The highest BCUT2D eigenvalue weighted by molar-refractivity contribution is 9.10. The van der Waals surface area contributed by atoms with E-state index in [0.29, 0.717) is 17.7 Å². The topological polar surface area (TPSA) is 31.4 Å². The van der Waals surface area contributed by atoms with E-state index in [1.54, 1.807) is 7.11 Å². The maximum atomic E-state index is 13.0. The Labute approximate surface area is 84.0 Å². The monoisotopic (exact) mass is 249 g/mol. The number of halogens is 2. The molecule has 0 atom stereocenters. The molecular formula is C8H9BrFNO2. The molecule has 0 saturated heterocycles. The van der Waals surface area contributed by atoms with Gasteiger partial charge in [-0.15, -0.1) is 0 Å². The van der Waals surface area contributed by atoms with Crippen molar-refractivity contribution in [1.82, 2.24) is 4.98 Å². The molecule has 72 valence electrons. The first-order valence-corrected chi connectivity index (χ1v) is 4.46. The number of pyridine rings is 1. The van der Waals surface area contributed by atoms with Gasteiger partial charge in [0, 0.05) is 17.8 Å². The van der Waals surface area contributed by atoms with Crippen molar-refractivity contribution in [3.8, 4) is 5.88 Å². The zero-order valence-electron chi connectivity index (χ0n) is 7.09. The Kier molecular flexibility index (Phi) is 4.11. The lowest BCUT2D eigenvalue weighted by atomic mass is 10.5. The summed E-state index contributed by atoms with van der Waals surface area (Å²) in [5, 5.41) is 0. The second-order valence-corrected chi connectivity index (χ2v) is 3.20. The molecule has 5 heteroatoms. The summed E-state index contributed by atoms with van der Waals surface area (Å²) in [4.78, 5) is 3.75. The lowest BCUT2D eigenvalue weighted by Gasteiger charge is -2.04. The van der Waals surface area contributed by atoms with E-state index < -0.39 is 5.82 Å². The molecule has 0 aliphatic carbocycles. The van der Waals surface area contributed by atoms with Crippen LogP contribution in [0.15, 0.2) is 16.7 Å². The molecular weight excluding hydrogens is 241 g/mol. The summed E-state index contributed by atoms with van der Waals surface area (Å²) in [6.07, 6.45) is 1.48. The van der Waals surface area contributed by atoms with Gasteiger partial charge >= 0.3 is 0 Å². The predicted octanol–water partition coefficient (Wildman–Crippen LogP) is 2.01. The van der Waals surface area contributed by atoms with Gasteiger partial charge in [-0.1, -0.05) is 0 Å². The van der Waals surface area contributed by atoms with E-state index in [4.69, 9.17) is 9.47 Å². The molecule has 0 radical (unpaired) electrons. The number of methoxy groups -OCH3 is 1. The van der Waals surface area contributed by atoms with Crippen LogP contribution in [0.5, 0.6) is 5.88 Å². The number of ether oxygens (including phenoxy) is 2. The zero-order valence-corrected chi connectivity index (χ0v) is 8.67. The predicted molar refractivity (Wildman–Crippen MR) is 49.3 cm³/mol. The molecule has 0 aromatic carbocycles. The van der Waals surface area contributed by atoms with Gasteiger partial charge in [0.1, 0.15) is 6.61 Å². The van der Waals surface area contributed by atoms with Gasteiger partial charge in [0.2, 0.25) is 0 Å². The zero-order chi connectivity index (χ0) is 9.68. The Morgan fingerprint density at radius 3 is 2.92 bits per heavy atom. The van der Waals surface area contributed by atoms with Crippen LogP contribution in [0.4, 0.5) is 4.39 Å². The van der Waals surface area contributed by atoms with E-state index in [1.807, 2.05) is 0 Å². The van der Waals surface area contributed by atoms with Gasteiger partial charge < -0.3 is 9.47 Å². The minimum atomic E-state index is -0.481. The first-order valence-electron chi connectivity index (χ1n) is 3.67. The third-order valence-electron chi connectivity index (χ3n) is 1.30. The molecule has 13 heavy (non-hydrogen) atoms. The average molecular weight is 250 g/mol. The molecule has 0 aliphatic rings. The number of rotatable bonds is 4. The molecule has 0 unspecified atom stereocenters. The van der Waals surface area contributed by atoms with Crippen LogP contribution >= 0.6 is 15.9 Å². The average Bonchev–Trinajstić information content (AvgIpc) is 2.09. The lowest BCUT2D eigenvalue weighted by molar-refractivity contribution is 0.141. The van der Waals surface area contributed by atoms with Crippen molar-refractivity contribution in [2.45, 2.75) is 0 Å². The molecule has 1 aromatic heterocycles. The normalized spacial score (nSPS) is 10.1. The fourth-order valence-corrected chi connectivity index (χ4v) is 1.03. The summed E-state index contributed by atoms with van der Waals surface area (Å²) in [7, 11) is 1.55. The summed E-state index contributed by atoms with van der Waals surface area (Å²) >= 11 is 3.10. The van der Waals surface area contributed by atoms with E-state index in [-0.39, 0.29) is 5.88 Å². The highest BCUT2D eigenvalue weighted by atomic mass is 79.9. The molecule has 0 N–H and O–H groups in total. The molecule has 0 amide bonds. The van der Waals surface area contributed by atoms with Gasteiger partial charge in [-0.25, -0.2) is 9.37 Å².